The van der Waals surface area contributed by atoms with E-state index >= 15 is 0 Å². The summed E-state index contributed by atoms with van der Waals surface area (Å²) in [5.41, 5.74) is 7.78. The monoisotopic (exact) mass is 368 g/mol. The molecule has 2 aromatic rings. The maximum atomic E-state index is 12.2. The zero-order valence-corrected chi connectivity index (χ0v) is 15.0. The van der Waals surface area contributed by atoms with Gasteiger partial charge >= 0.3 is 5.97 Å². The Kier molecular flexibility index (Phi) is 7.49. The Morgan fingerprint density at radius 3 is 2.48 bits per heavy atom. The molecule has 1 aromatic carbocycles. The van der Waals surface area contributed by atoms with Crippen molar-refractivity contribution in [3.05, 3.63) is 65.5 Å². The molecule has 142 valence electrons. The zero-order valence-electron chi connectivity index (χ0n) is 15.0. The average molecular weight is 368 g/mol. The fraction of sp³-hybridized carbons (Fsp3) is 0.300. The van der Waals surface area contributed by atoms with Gasteiger partial charge in [0.2, 0.25) is 5.91 Å². The van der Waals surface area contributed by atoms with Gasteiger partial charge in [-0.1, -0.05) is 30.3 Å². The van der Waals surface area contributed by atoms with Gasteiger partial charge in [-0.25, -0.2) is 0 Å². The van der Waals surface area contributed by atoms with E-state index in [2.05, 4.69) is 10.3 Å². The Morgan fingerprint density at radius 2 is 1.89 bits per heavy atom. The standard InChI is InChI=1S/C20H24N4O3/c21-20(22)15-10-8-14(9-11-15)5-1-2-7-18(25)24-17(13-19(26)27)16-6-3-4-12-23-16/h3-4,6,8-12,17H,1-2,5,7,13H2,(H3,21,22)(H,24,25)(H,26,27). The van der Waals surface area contributed by atoms with Gasteiger partial charge in [0, 0.05) is 18.2 Å². The molecule has 0 aliphatic carbocycles. The molecule has 1 unspecified atom stereocenters. The molecule has 5 N–H and O–H groups in total. The maximum absolute atomic E-state index is 12.2. The van der Waals surface area contributed by atoms with Gasteiger partial charge in [-0.3, -0.25) is 20.0 Å². The lowest BCUT2D eigenvalue weighted by Gasteiger charge is -2.16. The van der Waals surface area contributed by atoms with Gasteiger partial charge in [-0.15, -0.1) is 0 Å². The topological polar surface area (TPSA) is 129 Å². The number of nitrogens with two attached hydrogens (primary N) is 1. The lowest BCUT2D eigenvalue weighted by Crippen LogP contribution is -2.30. The Labute approximate surface area is 158 Å². The Bertz CT molecular complexity index is 776. The van der Waals surface area contributed by atoms with Crippen LogP contribution in [0.5, 0.6) is 0 Å². The minimum Gasteiger partial charge on any atom is -0.481 e. The number of carbonyl (C=O) groups is 2. The fourth-order valence-corrected chi connectivity index (χ4v) is 2.72. The van der Waals surface area contributed by atoms with E-state index in [1.165, 1.54) is 0 Å². The molecule has 0 saturated heterocycles. The number of hydrogen-bond donors (Lipinski definition) is 4. The number of carboxylic acids is 1. The lowest BCUT2D eigenvalue weighted by atomic mass is 10.0. The van der Waals surface area contributed by atoms with E-state index < -0.39 is 12.0 Å². The number of aryl methyl sites for hydroxylation is 1. The van der Waals surface area contributed by atoms with Gasteiger partial charge in [0.25, 0.3) is 0 Å². The van der Waals surface area contributed by atoms with Gasteiger partial charge in [0.15, 0.2) is 0 Å². The first-order valence-electron chi connectivity index (χ1n) is 8.81. The molecule has 27 heavy (non-hydrogen) atoms. The van der Waals surface area contributed by atoms with Crippen LogP contribution in [0.4, 0.5) is 0 Å². The molecule has 1 amide bonds. The quantitative estimate of drug-likeness (QED) is 0.291. The number of nitrogen functional groups attached to an aromatic ring is 1. The normalized spacial score (nSPS) is 11.6. The summed E-state index contributed by atoms with van der Waals surface area (Å²) in [6, 6.07) is 12.1. The summed E-state index contributed by atoms with van der Waals surface area (Å²) < 4.78 is 0. The predicted octanol–water partition coefficient (Wildman–Crippen LogP) is 2.41. The van der Waals surface area contributed by atoms with Crippen LogP contribution in [-0.4, -0.2) is 27.8 Å². The highest BCUT2D eigenvalue weighted by atomic mass is 16.4. The van der Waals surface area contributed by atoms with Crippen LogP contribution < -0.4 is 11.1 Å². The van der Waals surface area contributed by atoms with Crippen LogP contribution in [0.1, 0.15) is 48.5 Å². The van der Waals surface area contributed by atoms with Crippen LogP contribution in [0.25, 0.3) is 0 Å². The summed E-state index contributed by atoms with van der Waals surface area (Å²) in [5, 5.41) is 19.2. The summed E-state index contributed by atoms with van der Waals surface area (Å²) in [6.45, 7) is 0. The second-order valence-electron chi connectivity index (χ2n) is 6.29. The van der Waals surface area contributed by atoms with E-state index in [0.29, 0.717) is 24.1 Å². The highest BCUT2D eigenvalue weighted by molar-refractivity contribution is 5.94. The van der Waals surface area contributed by atoms with Crippen molar-refractivity contribution < 1.29 is 14.7 Å². The molecular formula is C20H24N4O3. The summed E-state index contributed by atoms with van der Waals surface area (Å²) in [4.78, 5) is 27.4. The summed E-state index contributed by atoms with van der Waals surface area (Å²) in [6.07, 6.45) is 4.06. The highest BCUT2D eigenvalue weighted by Crippen LogP contribution is 2.15. The van der Waals surface area contributed by atoms with Crippen LogP contribution in [0.2, 0.25) is 0 Å². The van der Waals surface area contributed by atoms with E-state index in [9.17, 15) is 9.59 Å². The summed E-state index contributed by atoms with van der Waals surface area (Å²) in [5.74, 6) is -1.12. The molecule has 1 atom stereocenters. The number of amidine groups is 1. The van der Waals surface area contributed by atoms with Crippen LogP contribution in [0, 0.1) is 5.41 Å². The third kappa shape index (κ3) is 6.89. The molecule has 0 aliphatic rings. The number of carboxylic acid groups (broad SMARTS) is 1. The first-order chi connectivity index (χ1) is 13.0. The smallest absolute Gasteiger partial charge is 0.305 e. The number of aliphatic carboxylic acids is 1. The zero-order chi connectivity index (χ0) is 19.6. The van der Waals surface area contributed by atoms with Crippen molar-refractivity contribution in [1.29, 1.82) is 5.41 Å². The number of pyridine rings is 1. The summed E-state index contributed by atoms with van der Waals surface area (Å²) >= 11 is 0. The Balaban J connectivity index is 1.78. The van der Waals surface area contributed by atoms with Crippen LogP contribution in [0.15, 0.2) is 48.7 Å². The number of aromatic nitrogens is 1. The second kappa shape index (κ2) is 10.1. The minimum atomic E-state index is -0.986. The van der Waals surface area contributed by atoms with E-state index in [0.717, 1.165) is 18.4 Å². The number of nitrogens with one attached hydrogen (secondary N) is 2. The van der Waals surface area contributed by atoms with Gasteiger partial charge in [-0.2, -0.15) is 0 Å². The molecule has 0 spiro atoms. The number of nitrogens with zero attached hydrogens (tertiary/aromatic N) is 1. The third-order valence-corrected chi connectivity index (χ3v) is 4.14. The van der Waals surface area contributed by atoms with Crippen LogP contribution in [0.3, 0.4) is 0 Å². The first kappa shape index (κ1) is 20.1. The number of amides is 1. The summed E-state index contributed by atoms with van der Waals surface area (Å²) in [7, 11) is 0. The van der Waals surface area contributed by atoms with E-state index in [1.54, 1.807) is 24.4 Å². The number of carbonyl (C=O) groups excluding carboxylic acids is 1. The predicted molar refractivity (Wildman–Crippen MR) is 102 cm³/mol. The Morgan fingerprint density at radius 1 is 1.15 bits per heavy atom. The van der Waals surface area contributed by atoms with Crippen molar-refractivity contribution in [2.75, 3.05) is 0 Å². The lowest BCUT2D eigenvalue weighted by molar-refractivity contribution is -0.137. The largest absolute Gasteiger partial charge is 0.481 e. The fourth-order valence-electron chi connectivity index (χ4n) is 2.72. The van der Waals surface area contributed by atoms with Crippen molar-refractivity contribution in [2.45, 2.75) is 38.1 Å². The van der Waals surface area contributed by atoms with Crippen LogP contribution in [-0.2, 0) is 16.0 Å². The first-order valence-corrected chi connectivity index (χ1v) is 8.81. The SMILES string of the molecule is N=C(N)c1ccc(CCCCC(=O)NC(CC(=O)O)c2ccccn2)cc1. The van der Waals surface area contributed by atoms with Gasteiger partial charge in [0.05, 0.1) is 18.2 Å². The minimum absolute atomic E-state index is 0.0436. The van der Waals surface area contributed by atoms with Crippen molar-refractivity contribution in [3.8, 4) is 0 Å². The highest BCUT2D eigenvalue weighted by Gasteiger charge is 2.18. The van der Waals surface area contributed by atoms with Crippen molar-refractivity contribution in [3.63, 3.8) is 0 Å². The van der Waals surface area contributed by atoms with E-state index in [1.807, 2.05) is 24.3 Å². The molecule has 2 rings (SSSR count). The third-order valence-electron chi connectivity index (χ3n) is 4.14. The molecule has 0 aliphatic heterocycles. The van der Waals surface area contributed by atoms with Gasteiger partial charge in [-0.05, 0) is 37.0 Å². The molecule has 7 nitrogen and oxygen atoms in total. The molecule has 1 aromatic heterocycles. The number of unbranched alkanes of at least 4 members (excludes halogenated alkanes) is 1. The van der Waals surface area contributed by atoms with Gasteiger partial charge < -0.3 is 16.2 Å². The Hall–Kier alpha value is -3.22. The number of benzene rings is 1. The molecule has 0 fully saturated rings. The average Bonchev–Trinajstić information content (AvgIpc) is 2.65. The van der Waals surface area contributed by atoms with Crippen LogP contribution >= 0.6 is 0 Å². The number of rotatable bonds is 10. The molecule has 7 heteroatoms. The van der Waals surface area contributed by atoms with E-state index in [4.69, 9.17) is 16.2 Å². The maximum Gasteiger partial charge on any atom is 0.305 e. The molecule has 0 saturated carbocycles. The molecule has 1 heterocycles. The molecule has 0 radical (unpaired) electrons. The molecular weight excluding hydrogens is 344 g/mol. The molecule has 0 bridgehead atoms. The van der Waals surface area contributed by atoms with Crippen molar-refractivity contribution in [1.82, 2.24) is 10.3 Å². The second-order valence-corrected chi connectivity index (χ2v) is 6.29. The van der Waals surface area contributed by atoms with Crippen molar-refractivity contribution >= 4 is 17.7 Å². The van der Waals surface area contributed by atoms with Crippen molar-refractivity contribution in [2.24, 2.45) is 5.73 Å². The van der Waals surface area contributed by atoms with E-state index in [-0.39, 0.29) is 18.2 Å². The van der Waals surface area contributed by atoms with Gasteiger partial charge in [0.1, 0.15) is 5.84 Å². The number of hydrogen-bond acceptors (Lipinski definition) is 4.